The fraction of sp³-hybridized carbons (Fsp3) is 0.818. The van der Waals surface area contributed by atoms with E-state index in [1.54, 1.807) is 0 Å². The number of carboxylic acid groups (broad SMARTS) is 1. The van der Waals surface area contributed by atoms with Gasteiger partial charge < -0.3 is 19.4 Å². The van der Waals surface area contributed by atoms with E-state index < -0.39 is 24.1 Å². The predicted molar refractivity (Wildman–Crippen MR) is 61.3 cm³/mol. The lowest BCUT2D eigenvalue weighted by molar-refractivity contribution is -0.873. The summed E-state index contributed by atoms with van der Waals surface area (Å²) in [5.41, 5.74) is 0. The van der Waals surface area contributed by atoms with Crippen molar-refractivity contribution in [2.45, 2.75) is 32.0 Å². The number of aliphatic hydroxyl groups is 1. The number of carbonyl (C=O) groups is 2. The quantitative estimate of drug-likeness (QED) is 0.483. The molecule has 1 unspecified atom stereocenters. The van der Waals surface area contributed by atoms with Crippen molar-refractivity contribution in [3.05, 3.63) is 0 Å². The monoisotopic (exact) mass is 248 g/mol. The van der Waals surface area contributed by atoms with Crippen molar-refractivity contribution in [3.63, 3.8) is 0 Å². The minimum absolute atomic E-state index is 0.118. The van der Waals surface area contributed by atoms with Crippen molar-refractivity contribution in [2.75, 3.05) is 27.7 Å². The van der Waals surface area contributed by atoms with Crippen molar-refractivity contribution in [3.8, 4) is 0 Å². The number of carboxylic acids is 1. The molecule has 0 saturated heterocycles. The van der Waals surface area contributed by atoms with E-state index in [2.05, 4.69) is 0 Å². The van der Waals surface area contributed by atoms with Crippen LogP contribution in [-0.2, 0) is 14.3 Å². The van der Waals surface area contributed by atoms with Crippen LogP contribution in [0.2, 0.25) is 0 Å². The van der Waals surface area contributed by atoms with Crippen LogP contribution >= 0.6 is 0 Å². The number of aliphatic carboxylic acids is 1. The van der Waals surface area contributed by atoms with Gasteiger partial charge in [-0.25, -0.2) is 0 Å². The molecule has 17 heavy (non-hydrogen) atoms. The van der Waals surface area contributed by atoms with Gasteiger partial charge in [0, 0.05) is 0 Å². The topological polar surface area (TPSA) is 83.8 Å². The highest BCUT2D eigenvalue weighted by Crippen LogP contribution is 2.07. The zero-order valence-corrected chi connectivity index (χ0v) is 10.8. The predicted octanol–water partition coefficient (Wildman–Crippen LogP) is -0.150. The van der Waals surface area contributed by atoms with Gasteiger partial charge in [-0.05, 0) is 6.92 Å². The van der Waals surface area contributed by atoms with Crippen LogP contribution in [0.25, 0.3) is 0 Å². The Labute approximate surface area is 101 Å². The van der Waals surface area contributed by atoms with E-state index in [-0.39, 0.29) is 12.8 Å². The molecule has 2 N–H and O–H groups in total. The van der Waals surface area contributed by atoms with Crippen molar-refractivity contribution >= 4 is 11.9 Å². The summed E-state index contributed by atoms with van der Waals surface area (Å²) < 4.78 is 5.55. The third kappa shape index (κ3) is 9.77. The SMILES string of the molecule is CC(O)CC(=O)O[C@@H](CC(=O)O)C[N+](C)(C)C. The molecular formula is C11H22NO5+. The molecular weight excluding hydrogens is 226 g/mol. The first-order valence-corrected chi connectivity index (χ1v) is 5.50. The average molecular weight is 248 g/mol. The number of nitrogens with zero attached hydrogens (tertiary/aromatic N) is 1. The van der Waals surface area contributed by atoms with E-state index in [0.717, 1.165) is 0 Å². The molecule has 0 saturated carbocycles. The zero-order valence-electron chi connectivity index (χ0n) is 10.8. The molecule has 0 rings (SSSR count). The lowest BCUT2D eigenvalue weighted by Gasteiger charge is -2.28. The Kier molecular flexibility index (Phi) is 6.12. The third-order valence-corrected chi connectivity index (χ3v) is 1.91. The second-order valence-electron chi connectivity index (χ2n) is 5.24. The molecule has 2 atom stereocenters. The standard InChI is InChI=1S/C11H21NO5/c1-8(13)5-11(16)17-9(6-10(14)15)7-12(2,3)4/h8-9,13H,5-7H2,1-4H3/p+1/t8?,9-/m0/s1. The fourth-order valence-corrected chi connectivity index (χ4v) is 1.42. The third-order valence-electron chi connectivity index (χ3n) is 1.91. The van der Waals surface area contributed by atoms with E-state index in [1.165, 1.54) is 6.92 Å². The number of esters is 1. The molecule has 0 fully saturated rings. The molecule has 100 valence electrons. The Morgan fingerprint density at radius 3 is 2.12 bits per heavy atom. The molecule has 0 bridgehead atoms. The van der Waals surface area contributed by atoms with Crippen LogP contribution in [0.5, 0.6) is 0 Å². The van der Waals surface area contributed by atoms with Gasteiger partial charge in [-0.1, -0.05) is 0 Å². The van der Waals surface area contributed by atoms with Crippen molar-refractivity contribution in [1.82, 2.24) is 0 Å². The molecule has 0 spiro atoms. The largest absolute Gasteiger partial charge is 0.481 e. The van der Waals surface area contributed by atoms with Crippen LogP contribution in [-0.4, -0.2) is 66.5 Å². The number of ether oxygens (including phenoxy) is 1. The summed E-state index contributed by atoms with van der Waals surface area (Å²) in [6, 6.07) is 0. The van der Waals surface area contributed by atoms with Crippen molar-refractivity contribution in [1.29, 1.82) is 0 Å². The second kappa shape index (κ2) is 6.56. The van der Waals surface area contributed by atoms with Gasteiger partial charge in [0.25, 0.3) is 0 Å². The number of hydrogen-bond donors (Lipinski definition) is 2. The molecule has 0 aliphatic carbocycles. The molecule has 0 aromatic rings. The van der Waals surface area contributed by atoms with Crippen molar-refractivity contribution < 1.29 is 29.0 Å². The summed E-state index contributed by atoms with van der Waals surface area (Å²) >= 11 is 0. The highest BCUT2D eigenvalue weighted by atomic mass is 16.5. The van der Waals surface area contributed by atoms with E-state index in [4.69, 9.17) is 14.9 Å². The number of rotatable bonds is 7. The highest BCUT2D eigenvalue weighted by molar-refractivity contribution is 5.71. The van der Waals surface area contributed by atoms with Crippen LogP contribution < -0.4 is 0 Å². The molecule has 0 amide bonds. The lowest BCUT2D eigenvalue weighted by Crippen LogP contribution is -2.44. The maximum Gasteiger partial charge on any atom is 0.308 e. The highest BCUT2D eigenvalue weighted by Gasteiger charge is 2.25. The summed E-state index contributed by atoms with van der Waals surface area (Å²) in [7, 11) is 5.66. The zero-order chi connectivity index (χ0) is 13.6. The van der Waals surface area contributed by atoms with Crippen LogP contribution in [0.3, 0.4) is 0 Å². The number of carbonyl (C=O) groups excluding carboxylic acids is 1. The minimum Gasteiger partial charge on any atom is -0.481 e. The number of hydrogen-bond acceptors (Lipinski definition) is 4. The number of aliphatic hydroxyl groups excluding tert-OH is 1. The summed E-state index contributed by atoms with van der Waals surface area (Å²) in [6.45, 7) is 1.89. The van der Waals surface area contributed by atoms with Gasteiger partial charge in [0.15, 0.2) is 6.10 Å². The molecule has 0 heterocycles. The lowest BCUT2D eigenvalue weighted by atomic mass is 10.2. The van der Waals surface area contributed by atoms with Crippen LogP contribution in [0.15, 0.2) is 0 Å². The Balaban J connectivity index is 4.38. The fourth-order valence-electron chi connectivity index (χ4n) is 1.42. The van der Waals surface area contributed by atoms with E-state index in [1.807, 2.05) is 21.1 Å². The maximum atomic E-state index is 11.3. The van der Waals surface area contributed by atoms with Crippen molar-refractivity contribution in [2.24, 2.45) is 0 Å². The Bertz CT molecular complexity index is 270. The van der Waals surface area contributed by atoms with Gasteiger partial charge in [-0.2, -0.15) is 0 Å². The Morgan fingerprint density at radius 1 is 1.24 bits per heavy atom. The summed E-state index contributed by atoms with van der Waals surface area (Å²) in [5, 5.41) is 17.8. The van der Waals surface area contributed by atoms with Gasteiger partial charge in [0.1, 0.15) is 6.54 Å². The van der Waals surface area contributed by atoms with E-state index in [9.17, 15) is 9.59 Å². The molecule has 6 nitrogen and oxygen atoms in total. The minimum atomic E-state index is -1.01. The van der Waals surface area contributed by atoms with Gasteiger partial charge in [0.2, 0.25) is 0 Å². The summed E-state index contributed by atoms with van der Waals surface area (Å²) in [4.78, 5) is 22.0. The molecule has 0 aliphatic rings. The first-order valence-electron chi connectivity index (χ1n) is 5.50. The number of likely N-dealkylation sites (N-methyl/N-ethyl adjacent to an activating group) is 1. The van der Waals surface area contributed by atoms with Gasteiger partial charge in [0.05, 0.1) is 40.1 Å². The normalized spacial score (nSPS) is 15.1. The van der Waals surface area contributed by atoms with Gasteiger partial charge in [-0.3, -0.25) is 9.59 Å². The Hall–Kier alpha value is -1.14. The summed E-state index contributed by atoms with van der Waals surface area (Å²) in [5.74, 6) is -1.58. The molecule has 0 aromatic carbocycles. The van der Waals surface area contributed by atoms with Crippen LogP contribution in [0.4, 0.5) is 0 Å². The van der Waals surface area contributed by atoms with E-state index in [0.29, 0.717) is 11.0 Å². The maximum absolute atomic E-state index is 11.3. The first kappa shape index (κ1) is 15.9. The van der Waals surface area contributed by atoms with Crippen LogP contribution in [0, 0.1) is 0 Å². The average Bonchev–Trinajstić information content (AvgIpc) is 1.95. The second-order valence-corrected chi connectivity index (χ2v) is 5.24. The molecule has 0 radical (unpaired) electrons. The number of quaternary nitrogens is 1. The smallest absolute Gasteiger partial charge is 0.308 e. The Morgan fingerprint density at radius 2 is 1.76 bits per heavy atom. The first-order chi connectivity index (χ1) is 7.60. The summed E-state index contributed by atoms with van der Waals surface area (Å²) in [6.07, 6.45) is -1.79. The van der Waals surface area contributed by atoms with Gasteiger partial charge >= 0.3 is 11.9 Å². The van der Waals surface area contributed by atoms with Crippen LogP contribution in [0.1, 0.15) is 19.8 Å². The van der Waals surface area contributed by atoms with E-state index >= 15 is 0 Å². The molecule has 6 heteroatoms. The van der Waals surface area contributed by atoms with Gasteiger partial charge in [-0.15, -0.1) is 0 Å². The molecule has 0 aromatic heterocycles. The molecule has 0 aliphatic heterocycles.